The van der Waals surface area contributed by atoms with Gasteiger partial charge in [0, 0.05) is 32.2 Å². The molecule has 1 saturated heterocycles. The van der Waals surface area contributed by atoms with E-state index in [9.17, 15) is 0 Å². The summed E-state index contributed by atoms with van der Waals surface area (Å²) in [5.74, 6) is 0. The molecule has 62 valence electrons. The largest absolute Gasteiger partial charge is 0.314 e. The molecule has 3 heteroatoms. The van der Waals surface area contributed by atoms with Gasteiger partial charge in [-0.25, -0.2) is 0 Å². The predicted molar refractivity (Wildman–Crippen MR) is 55.0 cm³/mol. The Morgan fingerprint density at radius 1 is 1.20 bits per heavy atom. The lowest BCUT2D eigenvalue weighted by Gasteiger charge is -2.30. The summed E-state index contributed by atoms with van der Waals surface area (Å²) in [7, 11) is 0. The SMILES string of the molecule is CC(C)N1CCNCC1.I. The molecule has 1 aliphatic heterocycles. The second-order valence-electron chi connectivity index (χ2n) is 2.88. The van der Waals surface area contributed by atoms with Gasteiger partial charge >= 0.3 is 0 Å². The van der Waals surface area contributed by atoms with Gasteiger partial charge in [-0.15, -0.1) is 24.0 Å². The van der Waals surface area contributed by atoms with Crippen LogP contribution in [0, 0.1) is 0 Å². The molecule has 0 bridgehead atoms. The van der Waals surface area contributed by atoms with Crippen molar-refractivity contribution >= 4 is 24.0 Å². The first-order chi connectivity index (χ1) is 4.30. The van der Waals surface area contributed by atoms with Gasteiger partial charge in [0.1, 0.15) is 0 Å². The summed E-state index contributed by atoms with van der Waals surface area (Å²) in [6.07, 6.45) is 0. The van der Waals surface area contributed by atoms with Crippen molar-refractivity contribution in [3.05, 3.63) is 0 Å². The Kier molecular flexibility index (Phi) is 5.67. The van der Waals surface area contributed by atoms with Crippen LogP contribution in [0.15, 0.2) is 0 Å². The molecule has 1 heterocycles. The van der Waals surface area contributed by atoms with E-state index in [0.717, 1.165) is 19.1 Å². The average Bonchev–Trinajstić information content (AvgIpc) is 1.90. The Bertz CT molecular complexity index is 79.7. The molecule has 10 heavy (non-hydrogen) atoms. The van der Waals surface area contributed by atoms with E-state index < -0.39 is 0 Å². The van der Waals surface area contributed by atoms with E-state index in [0.29, 0.717) is 0 Å². The van der Waals surface area contributed by atoms with E-state index in [4.69, 9.17) is 0 Å². The quantitative estimate of drug-likeness (QED) is 0.702. The molecule has 0 aromatic carbocycles. The minimum atomic E-state index is 0. The molecular weight excluding hydrogens is 239 g/mol. The van der Waals surface area contributed by atoms with Crippen LogP contribution in [-0.4, -0.2) is 37.1 Å². The van der Waals surface area contributed by atoms with E-state index in [1.54, 1.807) is 0 Å². The summed E-state index contributed by atoms with van der Waals surface area (Å²) in [5.41, 5.74) is 0. The van der Waals surface area contributed by atoms with Crippen LogP contribution < -0.4 is 5.32 Å². The second-order valence-corrected chi connectivity index (χ2v) is 2.88. The predicted octanol–water partition coefficient (Wildman–Crippen LogP) is 0.918. The van der Waals surface area contributed by atoms with Crippen LogP contribution in [0.5, 0.6) is 0 Å². The van der Waals surface area contributed by atoms with Gasteiger partial charge in [-0.1, -0.05) is 0 Å². The highest BCUT2D eigenvalue weighted by atomic mass is 127. The normalized spacial score (nSPS) is 20.7. The highest BCUT2D eigenvalue weighted by molar-refractivity contribution is 14.0. The molecule has 0 atom stereocenters. The highest BCUT2D eigenvalue weighted by Gasteiger charge is 2.11. The fourth-order valence-electron chi connectivity index (χ4n) is 1.20. The number of hydrogen-bond donors (Lipinski definition) is 1. The summed E-state index contributed by atoms with van der Waals surface area (Å²) in [4.78, 5) is 2.50. The van der Waals surface area contributed by atoms with Gasteiger partial charge in [0.25, 0.3) is 0 Å². The van der Waals surface area contributed by atoms with Crippen molar-refractivity contribution in [3.63, 3.8) is 0 Å². The van der Waals surface area contributed by atoms with Crippen molar-refractivity contribution in [3.8, 4) is 0 Å². The minimum absolute atomic E-state index is 0. The van der Waals surface area contributed by atoms with E-state index in [1.165, 1.54) is 13.1 Å². The molecule has 0 unspecified atom stereocenters. The summed E-state index contributed by atoms with van der Waals surface area (Å²) >= 11 is 0. The molecule has 0 spiro atoms. The Labute approximate surface area is 80.4 Å². The fourth-order valence-corrected chi connectivity index (χ4v) is 1.20. The van der Waals surface area contributed by atoms with Gasteiger partial charge in [-0.2, -0.15) is 0 Å². The average molecular weight is 256 g/mol. The molecule has 2 nitrogen and oxygen atoms in total. The highest BCUT2D eigenvalue weighted by Crippen LogP contribution is 1.97. The maximum atomic E-state index is 3.33. The van der Waals surface area contributed by atoms with Gasteiger partial charge in [-0.3, -0.25) is 4.90 Å². The van der Waals surface area contributed by atoms with Crippen molar-refractivity contribution in [1.82, 2.24) is 10.2 Å². The van der Waals surface area contributed by atoms with E-state index in [2.05, 4.69) is 24.1 Å². The first-order valence-corrected chi connectivity index (χ1v) is 3.75. The number of rotatable bonds is 1. The van der Waals surface area contributed by atoms with Gasteiger partial charge < -0.3 is 5.32 Å². The van der Waals surface area contributed by atoms with Gasteiger partial charge in [0.05, 0.1) is 0 Å². The first-order valence-electron chi connectivity index (χ1n) is 3.75. The van der Waals surface area contributed by atoms with Crippen molar-refractivity contribution in [1.29, 1.82) is 0 Å². The number of nitrogens with one attached hydrogen (secondary N) is 1. The molecule has 1 fully saturated rings. The van der Waals surface area contributed by atoms with Crippen LogP contribution >= 0.6 is 24.0 Å². The lowest BCUT2D eigenvalue weighted by Crippen LogP contribution is -2.46. The van der Waals surface area contributed by atoms with Crippen molar-refractivity contribution in [2.24, 2.45) is 0 Å². The molecule has 0 saturated carbocycles. The standard InChI is InChI=1S/C7H16N2.HI/c1-7(2)9-5-3-8-4-6-9;/h7-8H,3-6H2,1-2H3;1H. The fraction of sp³-hybridized carbons (Fsp3) is 1.00. The number of halogens is 1. The maximum absolute atomic E-state index is 3.33. The van der Waals surface area contributed by atoms with Crippen LogP contribution in [0.25, 0.3) is 0 Å². The molecule has 1 rings (SSSR count). The Morgan fingerprint density at radius 2 is 1.70 bits per heavy atom. The molecular formula is C7H17IN2. The third-order valence-electron chi connectivity index (χ3n) is 1.88. The Balaban J connectivity index is 0.000000810. The summed E-state index contributed by atoms with van der Waals surface area (Å²) in [5, 5.41) is 3.33. The van der Waals surface area contributed by atoms with Crippen LogP contribution in [0.4, 0.5) is 0 Å². The molecule has 1 aliphatic rings. The molecule has 0 amide bonds. The second kappa shape index (κ2) is 5.32. The van der Waals surface area contributed by atoms with Crippen molar-refractivity contribution in [2.75, 3.05) is 26.2 Å². The van der Waals surface area contributed by atoms with E-state index in [1.807, 2.05) is 0 Å². The Morgan fingerprint density at radius 3 is 2.00 bits per heavy atom. The number of nitrogens with zero attached hydrogens (tertiary/aromatic N) is 1. The van der Waals surface area contributed by atoms with Crippen LogP contribution in [0.3, 0.4) is 0 Å². The lowest BCUT2D eigenvalue weighted by molar-refractivity contribution is 0.196. The van der Waals surface area contributed by atoms with Crippen LogP contribution in [0.1, 0.15) is 13.8 Å². The van der Waals surface area contributed by atoms with Gasteiger partial charge in [-0.05, 0) is 13.8 Å². The zero-order valence-electron chi connectivity index (χ0n) is 6.76. The smallest absolute Gasteiger partial charge is 0.0110 e. The third-order valence-corrected chi connectivity index (χ3v) is 1.88. The maximum Gasteiger partial charge on any atom is 0.0110 e. The van der Waals surface area contributed by atoms with E-state index >= 15 is 0 Å². The van der Waals surface area contributed by atoms with Crippen molar-refractivity contribution < 1.29 is 0 Å². The number of piperazine rings is 1. The summed E-state index contributed by atoms with van der Waals surface area (Å²) in [6.45, 7) is 9.28. The van der Waals surface area contributed by atoms with Crippen molar-refractivity contribution in [2.45, 2.75) is 19.9 Å². The monoisotopic (exact) mass is 256 g/mol. The summed E-state index contributed by atoms with van der Waals surface area (Å²) in [6, 6.07) is 0.729. The van der Waals surface area contributed by atoms with Gasteiger partial charge in [0.2, 0.25) is 0 Å². The topological polar surface area (TPSA) is 15.3 Å². The van der Waals surface area contributed by atoms with Crippen LogP contribution in [-0.2, 0) is 0 Å². The van der Waals surface area contributed by atoms with E-state index in [-0.39, 0.29) is 24.0 Å². The van der Waals surface area contributed by atoms with Crippen LogP contribution in [0.2, 0.25) is 0 Å². The third kappa shape index (κ3) is 3.16. The molecule has 0 aromatic rings. The molecule has 0 aliphatic carbocycles. The zero-order chi connectivity index (χ0) is 6.69. The van der Waals surface area contributed by atoms with Gasteiger partial charge in [0.15, 0.2) is 0 Å². The summed E-state index contributed by atoms with van der Waals surface area (Å²) < 4.78 is 0. The molecule has 0 radical (unpaired) electrons. The molecule has 1 N–H and O–H groups in total. The lowest BCUT2D eigenvalue weighted by atomic mass is 10.3. The molecule has 0 aromatic heterocycles. The minimum Gasteiger partial charge on any atom is -0.314 e. The Hall–Kier alpha value is 0.650. The zero-order valence-corrected chi connectivity index (χ0v) is 9.09. The first kappa shape index (κ1) is 10.7. The number of hydrogen-bond acceptors (Lipinski definition) is 2.